The molecule has 0 aromatic heterocycles. The molecule has 3 N–H and O–H groups in total. The highest BCUT2D eigenvalue weighted by Gasteiger charge is 2.18. The van der Waals surface area contributed by atoms with Crippen molar-refractivity contribution in [3.63, 3.8) is 0 Å². The van der Waals surface area contributed by atoms with Crippen molar-refractivity contribution in [2.45, 2.75) is 32.7 Å². The zero-order valence-corrected chi connectivity index (χ0v) is 12.2. The molecule has 0 atom stereocenters. The molecular formula is C17H21FN2. The van der Waals surface area contributed by atoms with E-state index in [1.807, 2.05) is 24.3 Å². The predicted molar refractivity (Wildman–Crippen MR) is 82.7 cm³/mol. The molecule has 106 valence electrons. The van der Waals surface area contributed by atoms with Gasteiger partial charge in [-0.05, 0) is 29.2 Å². The molecule has 0 unspecified atom stereocenters. The quantitative estimate of drug-likeness (QED) is 0.873. The Morgan fingerprint density at radius 3 is 2.30 bits per heavy atom. The summed E-state index contributed by atoms with van der Waals surface area (Å²) in [6, 6.07) is 13.1. The van der Waals surface area contributed by atoms with Crippen molar-refractivity contribution < 1.29 is 4.39 Å². The predicted octanol–water partition coefficient (Wildman–Crippen LogP) is 4.33. The molecule has 20 heavy (non-hydrogen) atoms. The standard InChI is InChI=1S/C17H21FN2/c1-17(2,3)13-7-4-5-9-16(13)20-15-10-6-8-14(18)12(15)11-19/h4-10,20H,11,19H2,1-3H3. The minimum atomic E-state index is -0.272. The maximum Gasteiger partial charge on any atom is 0.129 e. The fraction of sp³-hybridized carbons (Fsp3) is 0.294. The van der Waals surface area contributed by atoms with E-state index in [2.05, 4.69) is 32.2 Å². The van der Waals surface area contributed by atoms with Gasteiger partial charge in [0.25, 0.3) is 0 Å². The molecule has 0 saturated carbocycles. The van der Waals surface area contributed by atoms with Crippen LogP contribution in [0, 0.1) is 5.82 Å². The number of hydrogen-bond acceptors (Lipinski definition) is 2. The Morgan fingerprint density at radius 1 is 1.00 bits per heavy atom. The third-order valence-electron chi connectivity index (χ3n) is 3.33. The van der Waals surface area contributed by atoms with E-state index in [4.69, 9.17) is 5.73 Å². The molecular weight excluding hydrogens is 251 g/mol. The second kappa shape index (κ2) is 5.63. The van der Waals surface area contributed by atoms with E-state index < -0.39 is 0 Å². The molecule has 0 aliphatic heterocycles. The fourth-order valence-electron chi connectivity index (χ4n) is 2.27. The van der Waals surface area contributed by atoms with Crippen LogP contribution in [-0.2, 0) is 12.0 Å². The Balaban J connectivity index is 2.44. The second-order valence-corrected chi connectivity index (χ2v) is 5.89. The summed E-state index contributed by atoms with van der Waals surface area (Å²) in [4.78, 5) is 0. The third-order valence-corrected chi connectivity index (χ3v) is 3.33. The number of rotatable bonds is 3. The number of nitrogens with two attached hydrogens (primary N) is 1. The van der Waals surface area contributed by atoms with E-state index >= 15 is 0 Å². The summed E-state index contributed by atoms with van der Waals surface area (Å²) < 4.78 is 13.8. The zero-order valence-electron chi connectivity index (χ0n) is 12.2. The van der Waals surface area contributed by atoms with Crippen LogP contribution in [0.4, 0.5) is 15.8 Å². The topological polar surface area (TPSA) is 38.0 Å². The van der Waals surface area contributed by atoms with Gasteiger partial charge in [-0.25, -0.2) is 4.39 Å². The molecule has 0 heterocycles. The van der Waals surface area contributed by atoms with Gasteiger partial charge in [-0.1, -0.05) is 45.0 Å². The van der Waals surface area contributed by atoms with E-state index in [1.165, 1.54) is 11.6 Å². The van der Waals surface area contributed by atoms with Gasteiger partial charge in [-0.3, -0.25) is 0 Å². The van der Waals surface area contributed by atoms with Crippen LogP contribution in [0.3, 0.4) is 0 Å². The molecule has 0 fully saturated rings. The Bertz CT molecular complexity index is 600. The smallest absolute Gasteiger partial charge is 0.129 e. The van der Waals surface area contributed by atoms with Crippen LogP contribution in [-0.4, -0.2) is 0 Å². The molecule has 0 amide bonds. The summed E-state index contributed by atoms with van der Waals surface area (Å²) in [5.41, 5.74) is 9.07. The molecule has 2 aromatic rings. The number of benzene rings is 2. The summed E-state index contributed by atoms with van der Waals surface area (Å²) in [5.74, 6) is -0.272. The van der Waals surface area contributed by atoms with E-state index in [0.29, 0.717) is 5.56 Å². The van der Waals surface area contributed by atoms with Gasteiger partial charge in [0.2, 0.25) is 0 Å². The van der Waals surface area contributed by atoms with Crippen LogP contribution in [0.15, 0.2) is 42.5 Å². The van der Waals surface area contributed by atoms with E-state index in [0.717, 1.165) is 11.4 Å². The van der Waals surface area contributed by atoms with E-state index in [9.17, 15) is 4.39 Å². The minimum Gasteiger partial charge on any atom is -0.355 e. The number of nitrogens with one attached hydrogen (secondary N) is 1. The molecule has 0 radical (unpaired) electrons. The Kier molecular flexibility index (Phi) is 4.09. The molecule has 0 aliphatic rings. The van der Waals surface area contributed by atoms with Gasteiger partial charge in [0.05, 0.1) is 0 Å². The summed E-state index contributed by atoms with van der Waals surface area (Å²) in [5, 5.41) is 3.32. The maximum atomic E-state index is 13.8. The number of para-hydroxylation sites is 1. The fourth-order valence-corrected chi connectivity index (χ4v) is 2.27. The second-order valence-electron chi connectivity index (χ2n) is 5.89. The first-order valence-electron chi connectivity index (χ1n) is 6.77. The average Bonchev–Trinajstić information content (AvgIpc) is 2.38. The normalized spacial score (nSPS) is 11.4. The molecule has 2 rings (SSSR count). The summed E-state index contributed by atoms with van der Waals surface area (Å²) >= 11 is 0. The maximum absolute atomic E-state index is 13.8. The van der Waals surface area contributed by atoms with Gasteiger partial charge in [0.15, 0.2) is 0 Å². The first-order chi connectivity index (χ1) is 9.43. The number of hydrogen-bond donors (Lipinski definition) is 2. The lowest BCUT2D eigenvalue weighted by molar-refractivity contribution is 0.592. The van der Waals surface area contributed by atoms with Crippen LogP contribution >= 0.6 is 0 Å². The van der Waals surface area contributed by atoms with Gasteiger partial charge in [0, 0.05) is 23.5 Å². The first kappa shape index (κ1) is 14.5. The SMILES string of the molecule is CC(C)(C)c1ccccc1Nc1cccc(F)c1CN. The van der Waals surface area contributed by atoms with Gasteiger partial charge in [-0.2, -0.15) is 0 Å². The van der Waals surface area contributed by atoms with Crippen LogP contribution in [0.25, 0.3) is 0 Å². The van der Waals surface area contributed by atoms with Gasteiger partial charge in [-0.15, -0.1) is 0 Å². The van der Waals surface area contributed by atoms with Gasteiger partial charge < -0.3 is 11.1 Å². The summed E-state index contributed by atoms with van der Waals surface area (Å²) in [6.45, 7) is 6.64. The lowest BCUT2D eigenvalue weighted by atomic mass is 9.85. The number of anilines is 2. The highest BCUT2D eigenvalue weighted by atomic mass is 19.1. The van der Waals surface area contributed by atoms with Crippen LogP contribution in [0.1, 0.15) is 31.9 Å². The Morgan fingerprint density at radius 2 is 1.65 bits per heavy atom. The van der Waals surface area contributed by atoms with Crippen LogP contribution in [0.2, 0.25) is 0 Å². The third kappa shape index (κ3) is 2.99. The Labute approximate surface area is 119 Å². The Hall–Kier alpha value is -1.87. The van der Waals surface area contributed by atoms with Crippen LogP contribution < -0.4 is 11.1 Å². The highest BCUT2D eigenvalue weighted by Crippen LogP contribution is 2.32. The first-order valence-corrected chi connectivity index (χ1v) is 6.77. The van der Waals surface area contributed by atoms with Crippen molar-refractivity contribution in [1.29, 1.82) is 0 Å². The molecule has 2 aromatic carbocycles. The zero-order chi connectivity index (χ0) is 14.8. The minimum absolute atomic E-state index is 0.0137. The van der Waals surface area contributed by atoms with Gasteiger partial charge in [0.1, 0.15) is 5.82 Å². The molecule has 3 heteroatoms. The van der Waals surface area contributed by atoms with Crippen molar-refractivity contribution in [3.05, 3.63) is 59.4 Å². The molecule has 0 bridgehead atoms. The largest absolute Gasteiger partial charge is 0.355 e. The van der Waals surface area contributed by atoms with Crippen molar-refractivity contribution in [3.8, 4) is 0 Å². The van der Waals surface area contributed by atoms with Crippen molar-refractivity contribution in [2.75, 3.05) is 5.32 Å². The lowest BCUT2D eigenvalue weighted by Gasteiger charge is -2.24. The summed E-state index contributed by atoms with van der Waals surface area (Å²) in [7, 11) is 0. The molecule has 0 saturated heterocycles. The summed E-state index contributed by atoms with van der Waals surface area (Å²) in [6.07, 6.45) is 0. The monoisotopic (exact) mass is 272 g/mol. The van der Waals surface area contributed by atoms with E-state index in [1.54, 1.807) is 6.07 Å². The number of halogens is 1. The van der Waals surface area contributed by atoms with Crippen molar-refractivity contribution in [1.82, 2.24) is 0 Å². The van der Waals surface area contributed by atoms with Crippen LogP contribution in [0.5, 0.6) is 0 Å². The molecule has 0 aliphatic carbocycles. The van der Waals surface area contributed by atoms with Gasteiger partial charge >= 0.3 is 0 Å². The highest BCUT2D eigenvalue weighted by molar-refractivity contribution is 5.67. The van der Waals surface area contributed by atoms with Crippen molar-refractivity contribution >= 4 is 11.4 Å². The average molecular weight is 272 g/mol. The molecule has 0 spiro atoms. The lowest BCUT2D eigenvalue weighted by Crippen LogP contribution is -2.14. The van der Waals surface area contributed by atoms with Crippen molar-refractivity contribution in [2.24, 2.45) is 5.73 Å². The molecule has 2 nitrogen and oxygen atoms in total. The van der Waals surface area contributed by atoms with E-state index in [-0.39, 0.29) is 17.8 Å².